The van der Waals surface area contributed by atoms with Crippen LogP contribution in [0.4, 0.5) is 5.95 Å². The maximum Gasteiger partial charge on any atom is 0.223 e. The van der Waals surface area contributed by atoms with Gasteiger partial charge in [-0.15, -0.1) is 0 Å². The normalized spacial score (nSPS) is 18.0. The maximum atomic E-state index is 5.85. The minimum absolute atomic E-state index is 0.117. The number of rotatable bonds is 1. The summed E-state index contributed by atoms with van der Waals surface area (Å²) >= 11 is 0. The molecule has 21 heavy (non-hydrogen) atoms. The first-order valence-corrected chi connectivity index (χ1v) is 7.16. The van der Waals surface area contributed by atoms with Gasteiger partial charge in [0.25, 0.3) is 0 Å². The molecular weight excluding hydrogens is 264 g/mol. The molecule has 2 heterocycles. The van der Waals surface area contributed by atoms with E-state index in [0.717, 1.165) is 23.8 Å². The molecule has 5 heteroatoms. The predicted molar refractivity (Wildman–Crippen MR) is 81.3 cm³/mol. The van der Waals surface area contributed by atoms with Crippen molar-refractivity contribution in [1.82, 2.24) is 15.0 Å². The summed E-state index contributed by atoms with van der Waals surface area (Å²) in [7, 11) is 0. The molecule has 1 aromatic heterocycles. The lowest BCUT2D eigenvalue weighted by molar-refractivity contribution is 0.257. The first kappa shape index (κ1) is 13.8. The van der Waals surface area contributed by atoms with Crippen molar-refractivity contribution in [1.29, 1.82) is 0 Å². The van der Waals surface area contributed by atoms with Crippen LogP contribution in [-0.2, 0) is 11.8 Å². The molecule has 1 aromatic carbocycles. The summed E-state index contributed by atoms with van der Waals surface area (Å²) in [5.41, 5.74) is 6.89. The standard InChI is InChI=1S/C16H20N4O/c1-16(2,3)14-18-13(19-15(17)20-14)11-8-10-6-4-5-7-12(10)21-9-11/h4-7,11H,8-9H2,1-3H3,(H2,17,18,19,20). The number of benzene rings is 1. The summed E-state index contributed by atoms with van der Waals surface area (Å²) in [5, 5.41) is 0. The van der Waals surface area contributed by atoms with Crippen LogP contribution < -0.4 is 10.5 Å². The summed E-state index contributed by atoms with van der Waals surface area (Å²) in [6.07, 6.45) is 0.864. The van der Waals surface area contributed by atoms with Crippen LogP contribution in [0.15, 0.2) is 24.3 Å². The molecule has 1 aliphatic heterocycles. The van der Waals surface area contributed by atoms with E-state index in [1.807, 2.05) is 18.2 Å². The van der Waals surface area contributed by atoms with Gasteiger partial charge in [0.2, 0.25) is 5.95 Å². The van der Waals surface area contributed by atoms with Crippen LogP contribution in [-0.4, -0.2) is 21.6 Å². The van der Waals surface area contributed by atoms with Gasteiger partial charge < -0.3 is 10.5 Å². The van der Waals surface area contributed by atoms with Crippen molar-refractivity contribution < 1.29 is 4.74 Å². The zero-order valence-corrected chi connectivity index (χ0v) is 12.6. The Hall–Kier alpha value is -2.17. The van der Waals surface area contributed by atoms with Gasteiger partial charge in [-0.3, -0.25) is 0 Å². The molecule has 0 spiro atoms. The highest BCUT2D eigenvalue weighted by Gasteiger charge is 2.26. The van der Waals surface area contributed by atoms with Gasteiger partial charge in [-0.05, 0) is 18.1 Å². The number of ether oxygens (including phenoxy) is 1. The quantitative estimate of drug-likeness (QED) is 0.870. The number of nitrogen functional groups attached to an aromatic ring is 1. The first-order valence-electron chi connectivity index (χ1n) is 7.16. The smallest absolute Gasteiger partial charge is 0.223 e. The fourth-order valence-corrected chi connectivity index (χ4v) is 2.42. The molecule has 1 aliphatic rings. The number of anilines is 1. The van der Waals surface area contributed by atoms with Gasteiger partial charge in [0.1, 0.15) is 17.4 Å². The van der Waals surface area contributed by atoms with Crippen LogP contribution in [0.1, 0.15) is 43.9 Å². The molecule has 2 N–H and O–H groups in total. The van der Waals surface area contributed by atoms with Crippen molar-refractivity contribution in [3.63, 3.8) is 0 Å². The van der Waals surface area contributed by atoms with E-state index in [9.17, 15) is 0 Å². The Bertz CT molecular complexity index is 664. The molecule has 0 saturated heterocycles. The average Bonchev–Trinajstić information content (AvgIpc) is 2.45. The lowest BCUT2D eigenvalue weighted by Crippen LogP contribution is -2.25. The highest BCUT2D eigenvalue weighted by atomic mass is 16.5. The first-order chi connectivity index (χ1) is 9.93. The molecule has 0 amide bonds. The third kappa shape index (κ3) is 2.82. The number of fused-ring (bicyclic) bond motifs is 1. The molecule has 5 nitrogen and oxygen atoms in total. The van der Waals surface area contributed by atoms with Crippen molar-refractivity contribution in [3.8, 4) is 5.75 Å². The van der Waals surface area contributed by atoms with E-state index in [1.165, 1.54) is 5.56 Å². The van der Waals surface area contributed by atoms with Gasteiger partial charge in [-0.1, -0.05) is 39.0 Å². The lowest BCUT2D eigenvalue weighted by Gasteiger charge is -2.25. The number of hydrogen-bond donors (Lipinski definition) is 1. The third-order valence-corrected chi connectivity index (χ3v) is 3.58. The Morgan fingerprint density at radius 1 is 1.14 bits per heavy atom. The van der Waals surface area contributed by atoms with Crippen molar-refractivity contribution in [2.75, 3.05) is 12.3 Å². The van der Waals surface area contributed by atoms with Crippen molar-refractivity contribution in [2.45, 2.75) is 38.5 Å². The minimum atomic E-state index is -0.154. The van der Waals surface area contributed by atoms with Crippen molar-refractivity contribution in [2.24, 2.45) is 0 Å². The lowest BCUT2D eigenvalue weighted by atomic mass is 9.94. The predicted octanol–water partition coefficient (Wildman–Crippen LogP) is 2.47. The minimum Gasteiger partial charge on any atom is -0.493 e. The average molecular weight is 284 g/mol. The molecule has 2 aromatic rings. The largest absolute Gasteiger partial charge is 0.493 e. The summed E-state index contributed by atoms with van der Waals surface area (Å²) < 4.78 is 5.81. The Kier molecular flexibility index (Phi) is 3.27. The van der Waals surface area contributed by atoms with E-state index in [4.69, 9.17) is 10.5 Å². The highest BCUT2D eigenvalue weighted by molar-refractivity contribution is 5.36. The van der Waals surface area contributed by atoms with Crippen molar-refractivity contribution in [3.05, 3.63) is 41.5 Å². The topological polar surface area (TPSA) is 73.9 Å². The van der Waals surface area contributed by atoms with Crippen LogP contribution in [0.5, 0.6) is 5.75 Å². The molecule has 0 saturated carbocycles. The zero-order valence-electron chi connectivity index (χ0n) is 12.6. The molecule has 3 rings (SSSR count). The summed E-state index contributed by atoms with van der Waals surface area (Å²) in [4.78, 5) is 13.2. The summed E-state index contributed by atoms with van der Waals surface area (Å²) in [6.45, 7) is 6.78. The molecule has 0 bridgehead atoms. The summed E-state index contributed by atoms with van der Waals surface area (Å²) in [6, 6.07) is 8.08. The van der Waals surface area contributed by atoms with E-state index in [1.54, 1.807) is 0 Å². The van der Waals surface area contributed by atoms with E-state index in [2.05, 4.69) is 41.8 Å². The molecular formula is C16H20N4O. The van der Waals surface area contributed by atoms with Gasteiger partial charge in [0, 0.05) is 5.41 Å². The maximum absolute atomic E-state index is 5.85. The Labute approximate surface area is 124 Å². The van der Waals surface area contributed by atoms with Gasteiger partial charge in [-0.25, -0.2) is 4.98 Å². The number of nitrogens with zero attached hydrogens (tertiary/aromatic N) is 3. The zero-order chi connectivity index (χ0) is 15.0. The highest BCUT2D eigenvalue weighted by Crippen LogP contribution is 2.31. The Morgan fingerprint density at radius 2 is 1.90 bits per heavy atom. The second kappa shape index (κ2) is 4.98. The fourth-order valence-electron chi connectivity index (χ4n) is 2.42. The second-order valence-corrected chi connectivity index (χ2v) is 6.45. The van der Waals surface area contributed by atoms with Gasteiger partial charge in [0.05, 0.1) is 12.5 Å². The van der Waals surface area contributed by atoms with Gasteiger partial charge in [-0.2, -0.15) is 9.97 Å². The van der Waals surface area contributed by atoms with E-state index < -0.39 is 0 Å². The third-order valence-electron chi connectivity index (χ3n) is 3.58. The van der Waals surface area contributed by atoms with Crippen LogP contribution >= 0.6 is 0 Å². The Balaban J connectivity index is 1.94. The second-order valence-electron chi connectivity index (χ2n) is 6.45. The molecule has 0 aliphatic carbocycles. The van der Waals surface area contributed by atoms with Gasteiger partial charge in [0.15, 0.2) is 0 Å². The molecule has 1 atom stereocenters. The number of aromatic nitrogens is 3. The molecule has 110 valence electrons. The van der Waals surface area contributed by atoms with Gasteiger partial charge >= 0.3 is 0 Å². The number of para-hydroxylation sites is 1. The van der Waals surface area contributed by atoms with Crippen LogP contribution in [0, 0.1) is 0 Å². The van der Waals surface area contributed by atoms with Crippen LogP contribution in [0.3, 0.4) is 0 Å². The monoisotopic (exact) mass is 284 g/mol. The molecule has 1 unspecified atom stereocenters. The number of nitrogens with two attached hydrogens (primary N) is 1. The number of hydrogen-bond acceptors (Lipinski definition) is 5. The van der Waals surface area contributed by atoms with Crippen LogP contribution in [0.25, 0.3) is 0 Å². The van der Waals surface area contributed by atoms with E-state index in [-0.39, 0.29) is 17.3 Å². The van der Waals surface area contributed by atoms with Crippen LogP contribution in [0.2, 0.25) is 0 Å². The molecule has 0 radical (unpaired) electrons. The fraction of sp³-hybridized carbons (Fsp3) is 0.438. The summed E-state index contributed by atoms with van der Waals surface area (Å²) in [5.74, 6) is 2.80. The van der Waals surface area contributed by atoms with E-state index >= 15 is 0 Å². The van der Waals surface area contributed by atoms with E-state index in [0.29, 0.717) is 6.61 Å². The van der Waals surface area contributed by atoms with Crippen molar-refractivity contribution >= 4 is 5.95 Å². The SMILES string of the molecule is CC(C)(C)c1nc(N)nc(C2COc3ccccc3C2)n1. The molecule has 0 fully saturated rings. The Morgan fingerprint density at radius 3 is 2.67 bits per heavy atom.